The van der Waals surface area contributed by atoms with Crippen molar-refractivity contribution in [2.75, 3.05) is 26.2 Å². The zero-order chi connectivity index (χ0) is 14.7. The van der Waals surface area contributed by atoms with Crippen molar-refractivity contribution in [2.24, 2.45) is 0 Å². The molecule has 20 heavy (non-hydrogen) atoms. The molecule has 1 saturated heterocycles. The number of benzene rings is 1. The summed E-state index contributed by atoms with van der Waals surface area (Å²) in [4.78, 5) is 15.0. The van der Waals surface area contributed by atoms with Crippen LogP contribution >= 0.6 is 11.6 Å². The van der Waals surface area contributed by atoms with Gasteiger partial charge in [0, 0.05) is 39.6 Å². The van der Waals surface area contributed by atoms with Crippen LogP contribution in [-0.2, 0) is 11.3 Å². The first-order chi connectivity index (χ1) is 9.45. The summed E-state index contributed by atoms with van der Waals surface area (Å²) in [5.41, 5.74) is 0.801. The molecule has 2 rings (SSSR count). The second-order valence-electron chi connectivity index (χ2n) is 5.10. The quantitative estimate of drug-likeness (QED) is 0.900. The number of halogens is 2. The number of aliphatic hydroxyl groups is 1. The zero-order valence-corrected chi connectivity index (χ0v) is 12.1. The lowest BCUT2D eigenvalue weighted by Gasteiger charge is -2.21. The van der Waals surface area contributed by atoms with E-state index in [1.165, 1.54) is 19.1 Å². The maximum atomic E-state index is 13.4. The maximum absolute atomic E-state index is 13.4. The predicted molar refractivity (Wildman–Crippen MR) is 74.9 cm³/mol. The SMILES string of the molecule is CC(=O)N1CCN(Cc2ccc(Cl)c(F)c2)C[C@H](O)C1. The molecule has 0 bridgehead atoms. The number of nitrogens with zero attached hydrogens (tertiary/aromatic N) is 2. The van der Waals surface area contributed by atoms with Crippen LogP contribution < -0.4 is 0 Å². The van der Waals surface area contributed by atoms with Crippen LogP contribution in [0.2, 0.25) is 5.02 Å². The van der Waals surface area contributed by atoms with E-state index in [1.807, 2.05) is 4.90 Å². The van der Waals surface area contributed by atoms with Crippen LogP contribution in [0.15, 0.2) is 18.2 Å². The number of β-amino-alcohol motifs (C(OH)–C–C–N with tert-alkyl or cyclic N) is 1. The molecule has 1 aromatic rings. The van der Waals surface area contributed by atoms with Gasteiger partial charge in [-0.25, -0.2) is 4.39 Å². The first-order valence-electron chi connectivity index (χ1n) is 6.55. The normalized spacial score (nSPS) is 20.8. The number of rotatable bonds is 2. The number of carbonyl (C=O) groups excluding carboxylic acids is 1. The van der Waals surface area contributed by atoms with Gasteiger partial charge in [-0.15, -0.1) is 0 Å². The Balaban J connectivity index is 2.02. The lowest BCUT2D eigenvalue weighted by atomic mass is 10.2. The van der Waals surface area contributed by atoms with Crippen molar-refractivity contribution in [3.8, 4) is 0 Å². The van der Waals surface area contributed by atoms with Crippen molar-refractivity contribution in [3.05, 3.63) is 34.6 Å². The maximum Gasteiger partial charge on any atom is 0.219 e. The molecular formula is C14H18ClFN2O2. The van der Waals surface area contributed by atoms with Gasteiger partial charge in [-0.3, -0.25) is 9.69 Å². The number of carbonyl (C=O) groups is 1. The second-order valence-corrected chi connectivity index (χ2v) is 5.51. The van der Waals surface area contributed by atoms with E-state index in [4.69, 9.17) is 11.6 Å². The molecular weight excluding hydrogens is 283 g/mol. The Kier molecular flexibility index (Phi) is 4.96. The molecule has 1 atom stereocenters. The minimum absolute atomic E-state index is 0.0385. The van der Waals surface area contributed by atoms with Crippen molar-refractivity contribution in [3.63, 3.8) is 0 Å². The molecule has 0 aliphatic carbocycles. The zero-order valence-electron chi connectivity index (χ0n) is 11.4. The summed E-state index contributed by atoms with van der Waals surface area (Å²) >= 11 is 5.65. The number of amides is 1. The standard InChI is InChI=1S/C14H18ClFN2O2/c1-10(19)18-5-4-17(8-12(20)9-18)7-11-2-3-13(15)14(16)6-11/h2-3,6,12,20H,4-5,7-9H2,1H3/t12-/m0/s1. The third-order valence-corrected chi connectivity index (χ3v) is 3.73. The average molecular weight is 301 g/mol. The predicted octanol–water partition coefficient (Wildman–Crippen LogP) is 1.50. The first-order valence-corrected chi connectivity index (χ1v) is 6.93. The van der Waals surface area contributed by atoms with Crippen LogP contribution in [0.3, 0.4) is 0 Å². The highest BCUT2D eigenvalue weighted by atomic mass is 35.5. The van der Waals surface area contributed by atoms with Crippen molar-refractivity contribution in [1.29, 1.82) is 0 Å². The fourth-order valence-corrected chi connectivity index (χ4v) is 2.50. The smallest absolute Gasteiger partial charge is 0.219 e. The highest BCUT2D eigenvalue weighted by Crippen LogP contribution is 2.17. The molecule has 1 fully saturated rings. The first kappa shape index (κ1) is 15.2. The van der Waals surface area contributed by atoms with Crippen LogP contribution in [0.5, 0.6) is 0 Å². The van der Waals surface area contributed by atoms with E-state index in [1.54, 1.807) is 11.0 Å². The average Bonchev–Trinajstić information content (AvgIpc) is 2.56. The molecule has 1 aromatic carbocycles. The van der Waals surface area contributed by atoms with Gasteiger partial charge in [0.1, 0.15) is 5.82 Å². The van der Waals surface area contributed by atoms with Crippen LogP contribution in [0.4, 0.5) is 4.39 Å². The van der Waals surface area contributed by atoms with Gasteiger partial charge in [-0.05, 0) is 17.7 Å². The van der Waals surface area contributed by atoms with Crippen molar-refractivity contribution in [2.45, 2.75) is 19.6 Å². The van der Waals surface area contributed by atoms with E-state index in [0.29, 0.717) is 32.7 Å². The molecule has 1 aliphatic heterocycles. The van der Waals surface area contributed by atoms with Crippen molar-refractivity contribution < 1.29 is 14.3 Å². The molecule has 0 unspecified atom stereocenters. The second kappa shape index (κ2) is 6.52. The summed E-state index contributed by atoms with van der Waals surface area (Å²) in [5, 5.41) is 10.0. The van der Waals surface area contributed by atoms with Gasteiger partial charge in [0.2, 0.25) is 5.91 Å². The summed E-state index contributed by atoms with van der Waals surface area (Å²) in [7, 11) is 0. The summed E-state index contributed by atoms with van der Waals surface area (Å²) < 4.78 is 13.4. The molecule has 0 saturated carbocycles. The van der Waals surface area contributed by atoms with Gasteiger partial charge in [0.25, 0.3) is 0 Å². The summed E-state index contributed by atoms with van der Waals surface area (Å²) in [6, 6.07) is 4.70. The molecule has 1 heterocycles. The highest BCUT2D eigenvalue weighted by molar-refractivity contribution is 6.30. The Morgan fingerprint density at radius 2 is 2.20 bits per heavy atom. The number of hydrogen-bond donors (Lipinski definition) is 1. The van der Waals surface area contributed by atoms with E-state index in [0.717, 1.165) is 5.56 Å². The Morgan fingerprint density at radius 1 is 1.45 bits per heavy atom. The summed E-state index contributed by atoms with van der Waals surface area (Å²) in [6.45, 7) is 4.06. The molecule has 1 aliphatic rings. The van der Waals surface area contributed by atoms with Gasteiger partial charge < -0.3 is 10.0 Å². The van der Waals surface area contributed by atoms with Crippen LogP contribution in [0.25, 0.3) is 0 Å². The topological polar surface area (TPSA) is 43.8 Å². The minimum Gasteiger partial charge on any atom is -0.390 e. The number of hydrogen-bond acceptors (Lipinski definition) is 3. The largest absolute Gasteiger partial charge is 0.390 e. The molecule has 1 N–H and O–H groups in total. The van der Waals surface area contributed by atoms with Crippen LogP contribution in [0, 0.1) is 5.82 Å². The summed E-state index contributed by atoms with van der Waals surface area (Å²) in [6.07, 6.45) is -0.585. The van der Waals surface area contributed by atoms with Gasteiger partial charge in [-0.2, -0.15) is 0 Å². The third-order valence-electron chi connectivity index (χ3n) is 3.42. The highest BCUT2D eigenvalue weighted by Gasteiger charge is 2.22. The Bertz CT molecular complexity index is 498. The van der Waals surface area contributed by atoms with E-state index in [2.05, 4.69) is 0 Å². The lowest BCUT2D eigenvalue weighted by molar-refractivity contribution is -0.129. The van der Waals surface area contributed by atoms with Crippen LogP contribution in [-0.4, -0.2) is 53.1 Å². The fourth-order valence-electron chi connectivity index (χ4n) is 2.38. The molecule has 0 spiro atoms. The van der Waals surface area contributed by atoms with E-state index in [9.17, 15) is 14.3 Å². The van der Waals surface area contributed by atoms with E-state index >= 15 is 0 Å². The van der Waals surface area contributed by atoms with E-state index in [-0.39, 0.29) is 10.9 Å². The Labute approximate surface area is 122 Å². The van der Waals surface area contributed by atoms with Crippen molar-refractivity contribution in [1.82, 2.24) is 9.80 Å². The fraction of sp³-hybridized carbons (Fsp3) is 0.500. The molecule has 1 amide bonds. The molecule has 0 radical (unpaired) electrons. The van der Waals surface area contributed by atoms with Gasteiger partial charge in [-0.1, -0.05) is 17.7 Å². The molecule has 110 valence electrons. The van der Waals surface area contributed by atoms with Gasteiger partial charge >= 0.3 is 0 Å². The Morgan fingerprint density at radius 3 is 2.85 bits per heavy atom. The summed E-state index contributed by atoms with van der Waals surface area (Å²) in [5.74, 6) is -0.478. The number of aliphatic hydroxyl groups excluding tert-OH is 1. The third kappa shape index (κ3) is 3.91. The molecule has 4 nitrogen and oxygen atoms in total. The molecule has 0 aromatic heterocycles. The molecule has 6 heteroatoms. The Hall–Kier alpha value is -1.17. The minimum atomic E-state index is -0.585. The van der Waals surface area contributed by atoms with Gasteiger partial charge in [0.05, 0.1) is 11.1 Å². The van der Waals surface area contributed by atoms with Crippen LogP contribution in [0.1, 0.15) is 12.5 Å². The van der Waals surface area contributed by atoms with Crippen molar-refractivity contribution >= 4 is 17.5 Å². The van der Waals surface area contributed by atoms with Gasteiger partial charge in [0.15, 0.2) is 0 Å². The lowest BCUT2D eigenvalue weighted by Crippen LogP contribution is -2.36. The van der Waals surface area contributed by atoms with E-state index < -0.39 is 11.9 Å². The monoisotopic (exact) mass is 300 g/mol.